The molecule has 2 heteroatoms. The molecule has 1 aromatic rings. The van der Waals surface area contributed by atoms with Crippen LogP contribution in [-0.4, -0.2) is 6.21 Å². The predicted octanol–water partition coefficient (Wildman–Crippen LogP) is 4.70. The monoisotopic (exact) mass is 266 g/mol. The van der Waals surface area contributed by atoms with Crippen LogP contribution in [0, 0.1) is 6.92 Å². The van der Waals surface area contributed by atoms with Gasteiger partial charge >= 0.3 is 0 Å². The van der Waals surface area contributed by atoms with Crippen molar-refractivity contribution in [3.05, 3.63) is 71.9 Å². The van der Waals surface area contributed by atoms with Crippen molar-refractivity contribution in [1.29, 1.82) is 0 Å². The molecule has 0 spiro atoms. The van der Waals surface area contributed by atoms with Crippen molar-refractivity contribution in [1.82, 2.24) is 0 Å². The summed E-state index contributed by atoms with van der Waals surface area (Å²) in [6.45, 7) is 13.7. The van der Waals surface area contributed by atoms with Gasteiger partial charge in [-0.2, -0.15) is 0 Å². The Kier molecular flexibility index (Phi) is 5.73. The molecule has 20 heavy (non-hydrogen) atoms. The average Bonchev–Trinajstić information content (AvgIpc) is 2.44. The molecular formula is C18H22N2. The van der Waals surface area contributed by atoms with Gasteiger partial charge in [-0.1, -0.05) is 37.5 Å². The Morgan fingerprint density at radius 2 is 2.00 bits per heavy atom. The van der Waals surface area contributed by atoms with E-state index in [0.29, 0.717) is 0 Å². The molecule has 0 atom stereocenters. The van der Waals surface area contributed by atoms with Gasteiger partial charge in [-0.05, 0) is 44.0 Å². The van der Waals surface area contributed by atoms with E-state index in [1.54, 1.807) is 12.3 Å². The van der Waals surface area contributed by atoms with Crippen molar-refractivity contribution >= 4 is 17.6 Å². The van der Waals surface area contributed by atoms with Gasteiger partial charge in [-0.15, -0.1) is 0 Å². The molecule has 2 N–H and O–H groups in total. The van der Waals surface area contributed by atoms with Crippen LogP contribution < -0.4 is 5.73 Å². The molecule has 0 heterocycles. The molecule has 0 aliphatic carbocycles. The number of nitrogen functional groups attached to an aromatic ring is 1. The Morgan fingerprint density at radius 3 is 2.55 bits per heavy atom. The highest BCUT2D eigenvalue weighted by molar-refractivity contribution is 5.82. The standard InChI is InChI=1S/C18H22N2/c1-6-9-16(13(4)7-2)18(20-8-3)17-12-15(19)11-10-14(17)5/h6-12H,2,4,19H2,1,3,5H3. The molecule has 0 aliphatic heterocycles. The predicted molar refractivity (Wildman–Crippen MR) is 90.8 cm³/mol. The van der Waals surface area contributed by atoms with Gasteiger partial charge in [0.2, 0.25) is 0 Å². The fourth-order valence-corrected chi connectivity index (χ4v) is 1.92. The molecule has 0 fully saturated rings. The van der Waals surface area contributed by atoms with E-state index < -0.39 is 0 Å². The van der Waals surface area contributed by atoms with E-state index >= 15 is 0 Å². The zero-order chi connectivity index (χ0) is 15.1. The van der Waals surface area contributed by atoms with Crippen LogP contribution >= 0.6 is 0 Å². The Morgan fingerprint density at radius 1 is 1.30 bits per heavy atom. The molecular weight excluding hydrogens is 244 g/mol. The van der Waals surface area contributed by atoms with Crippen molar-refractivity contribution in [3.63, 3.8) is 0 Å². The van der Waals surface area contributed by atoms with Crippen molar-refractivity contribution < 1.29 is 0 Å². The number of allylic oxidation sites excluding steroid dienone is 5. The van der Waals surface area contributed by atoms with Crippen molar-refractivity contribution in [3.8, 4) is 0 Å². The molecule has 104 valence electrons. The maximum absolute atomic E-state index is 5.91. The molecule has 0 radical (unpaired) electrons. The molecule has 0 saturated heterocycles. The maximum Gasteiger partial charge on any atom is 0.0779 e. The van der Waals surface area contributed by atoms with E-state index in [1.807, 2.05) is 51.1 Å². The third-order valence-corrected chi connectivity index (χ3v) is 2.96. The Bertz CT molecular complexity index is 602. The molecule has 0 bridgehead atoms. The summed E-state index contributed by atoms with van der Waals surface area (Å²) in [5.74, 6) is 0. The lowest BCUT2D eigenvalue weighted by Gasteiger charge is -2.12. The summed E-state index contributed by atoms with van der Waals surface area (Å²) in [6, 6.07) is 5.83. The van der Waals surface area contributed by atoms with Gasteiger partial charge in [-0.3, -0.25) is 4.99 Å². The second kappa shape index (κ2) is 7.29. The first-order valence-electron chi connectivity index (χ1n) is 6.59. The van der Waals surface area contributed by atoms with Crippen LogP contribution in [-0.2, 0) is 0 Å². The van der Waals surface area contributed by atoms with E-state index in [4.69, 9.17) is 5.73 Å². The lowest BCUT2D eigenvalue weighted by molar-refractivity contribution is 1.36. The van der Waals surface area contributed by atoms with Crippen LogP contribution in [0.15, 0.2) is 65.7 Å². The SMILES string of the molecule is C=CC(=C)C(C=CC)=C(N=CC)c1cc(N)ccc1C. The number of nitrogens with zero attached hydrogens (tertiary/aromatic N) is 1. The Hall–Kier alpha value is -2.35. The van der Waals surface area contributed by atoms with E-state index in [9.17, 15) is 0 Å². The Labute approximate surface area is 121 Å². The topological polar surface area (TPSA) is 38.4 Å². The largest absolute Gasteiger partial charge is 0.399 e. The number of anilines is 1. The number of rotatable bonds is 5. The van der Waals surface area contributed by atoms with Gasteiger partial charge in [0.05, 0.1) is 5.70 Å². The van der Waals surface area contributed by atoms with Crippen LogP contribution in [0.4, 0.5) is 5.69 Å². The highest BCUT2D eigenvalue weighted by Gasteiger charge is 2.10. The minimum absolute atomic E-state index is 0.721. The van der Waals surface area contributed by atoms with Crippen molar-refractivity contribution in [2.24, 2.45) is 4.99 Å². The summed E-state index contributed by atoms with van der Waals surface area (Å²) in [5, 5.41) is 0. The summed E-state index contributed by atoms with van der Waals surface area (Å²) in [5.41, 5.74) is 11.4. The fourth-order valence-electron chi connectivity index (χ4n) is 1.92. The minimum Gasteiger partial charge on any atom is -0.399 e. The number of benzene rings is 1. The number of aliphatic imine (C=N–C) groups is 1. The summed E-state index contributed by atoms with van der Waals surface area (Å²) in [7, 11) is 0. The molecule has 1 aromatic carbocycles. The maximum atomic E-state index is 5.91. The van der Waals surface area contributed by atoms with Crippen LogP contribution in [0.3, 0.4) is 0 Å². The van der Waals surface area contributed by atoms with Gasteiger partial charge in [0.1, 0.15) is 0 Å². The normalized spacial score (nSPS) is 12.8. The first-order valence-corrected chi connectivity index (χ1v) is 6.59. The number of nitrogens with two attached hydrogens (primary N) is 1. The third kappa shape index (κ3) is 3.58. The molecule has 0 amide bonds. The summed E-state index contributed by atoms with van der Waals surface area (Å²) >= 11 is 0. The number of aryl methyl sites for hydroxylation is 1. The number of hydrogen-bond donors (Lipinski definition) is 1. The smallest absolute Gasteiger partial charge is 0.0779 e. The van der Waals surface area contributed by atoms with Gasteiger partial charge in [0.25, 0.3) is 0 Å². The van der Waals surface area contributed by atoms with E-state index in [0.717, 1.165) is 33.7 Å². The lowest BCUT2D eigenvalue weighted by atomic mass is 9.97. The van der Waals surface area contributed by atoms with Gasteiger partial charge in [0.15, 0.2) is 0 Å². The van der Waals surface area contributed by atoms with Crippen molar-refractivity contribution in [2.45, 2.75) is 20.8 Å². The molecule has 0 aliphatic rings. The van der Waals surface area contributed by atoms with Gasteiger partial charge in [-0.25, -0.2) is 0 Å². The van der Waals surface area contributed by atoms with Crippen LogP contribution in [0.2, 0.25) is 0 Å². The first-order chi connectivity index (χ1) is 9.54. The van der Waals surface area contributed by atoms with E-state index in [-0.39, 0.29) is 0 Å². The summed E-state index contributed by atoms with van der Waals surface area (Å²) in [6.07, 6.45) is 7.48. The third-order valence-electron chi connectivity index (χ3n) is 2.96. The van der Waals surface area contributed by atoms with Crippen LogP contribution in [0.25, 0.3) is 5.70 Å². The highest BCUT2D eigenvalue weighted by atomic mass is 14.7. The highest BCUT2D eigenvalue weighted by Crippen LogP contribution is 2.29. The summed E-state index contributed by atoms with van der Waals surface area (Å²) < 4.78 is 0. The van der Waals surface area contributed by atoms with Gasteiger partial charge in [0, 0.05) is 23.0 Å². The molecule has 2 nitrogen and oxygen atoms in total. The molecule has 1 rings (SSSR count). The van der Waals surface area contributed by atoms with E-state index in [1.165, 1.54) is 0 Å². The van der Waals surface area contributed by atoms with Crippen LogP contribution in [0.5, 0.6) is 0 Å². The number of hydrogen-bond acceptors (Lipinski definition) is 2. The van der Waals surface area contributed by atoms with Gasteiger partial charge < -0.3 is 5.73 Å². The second-order valence-electron chi connectivity index (χ2n) is 4.45. The molecule has 0 aromatic heterocycles. The first kappa shape index (κ1) is 15.7. The van der Waals surface area contributed by atoms with Crippen molar-refractivity contribution in [2.75, 3.05) is 5.73 Å². The van der Waals surface area contributed by atoms with Crippen LogP contribution in [0.1, 0.15) is 25.0 Å². The minimum atomic E-state index is 0.721. The second-order valence-corrected chi connectivity index (χ2v) is 4.45. The lowest BCUT2D eigenvalue weighted by Crippen LogP contribution is -1.96. The average molecular weight is 266 g/mol. The molecule has 0 saturated carbocycles. The summed E-state index contributed by atoms with van der Waals surface area (Å²) in [4.78, 5) is 4.52. The fraction of sp³-hybridized carbons (Fsp3) is 0.167. The molecule has 0 unspecified atom stereocenters. The quantitative estimate of drug-likeness (QED) is 0.468. The zero-order valence-corrected chi connectivity index (χ0v) is 12.5. The zero-order valence-electron chi connectivity index (χ0n) is 12.5. The Balaban J connectivity index is 3.67. The van der Waals surface area contributed by atoms with E-state index in [2.05, 4.69) is 18.2 Å².